The Morgan fingerprint density at radius 3 is 3.00 bits per heavy atom. The van der Waals surface area contributed by atoms with Crippen molar-refractivity contribution in [3.63, 3.8) is 0 Å². The minimum absolute atomic E-state index is 0.0261. The van der Waals surface area contributed by atoms with Crippen molar-refractivity contribution in [2.45, 2.75) is 39.7 Å². The summed E-state index contributed by atoms with van der Waals surface area (Å²) < 4.78 is 0. The molecule has 1 amide bonds. The Hall–Kier alpha value is -1.30. The van der Waals surface area contributed by atoms with E-state index in [0.29, 0.717) is 16.6 Å². The van der Waals surface area contributed by atoms with E-state index in [4.69, 9.17) is 5.73 Å². The molecule has 1 saturated heterocycles. The molecule has 0 aliphatic carbocycles. The molecule has 0 aromatic carbocycles. The molecule has 0 spiro atoms. The average Bonchev–Trinajstić information content (AvgIpc) is 2.73. The molecular formula is C13H22N4OS. The zero-order chi connectivity index (χ0) is 14.0. The van der Waals surface area contributed by atoms with E-state index in [0.717, 1.165) is 24.6 Å². The first-order valence-corrected chi connectivity index (χ1v) is 7.67. The number of piperidine rings is 1. The molecule has 1 aliphatic heterocycles. The number of hydrogen-bond acceptors (Lipinski definition) is 5. The van der Waals surface area contributed by atoms with Crippen LogP contribution in [0.1, 0.15) is 43.3 Å². The lowest BCUT2D eigenvalue weighted by Crippen LogP contribution is -2.45. The highest BCUT2D eigenvalue weighted by molar-refractivity contribution is 7.18. The number of nitrogens with zero attached hydrogens (tertiary/aromatic N) is 2. The lowest BCUT2D eigenvalue weighted by molar-refractivity contribution is 0.0557. The average molecular weight is 282 g/mol. The molecule has 0 radical (unpaired) electrons. The summed E-state index contributed by atoms with van der Waals surface area (Å²) in [6.45, 7) is 7.90. The maximum atomic E-state index is 12.6. The van der Waals surface area contributed by atoms with Crippen molar-refractivity contribution in [1.82, 2.24) is 9.88 Å². The number of thiazole rings is 1. The van der Waals surface area contributed by atoms with Gasteiger partial charge in [-0.05, 0) is 32.6 Å². The molecule has 0 saturated carbocycles. The van der Waals surface area contributed by atoms with Crippen LogP contribution in [0.15, 0.2) is 0 Å². The van der Waals surface area contributed by atoms with Gasteiger partial charge in [-0.15, -0.1) is 0 Å². The molecular weight excluding hydrogens is 260 g/mol. The van der Waals surface area contributed by atoms with Crippen LogP contribution in [0.3, 0.4) is 0 Å². The molecule has 106 valence electrons. The number of aromatic nitrogens is 1. The Balaban J connectivity index is 2.18. The van der Waals surface area contributed by atoms with Gasteiger partial charge in [0.1, 0.15) is 10.7 Å². The van der Waals surface area contributed by atoms with Crippen molar-refractivity contribution in [2.75, 3.05) is 24.1 Å². The minimum atomic E-state index is 0.0261. The fourth-order valence-electron chi connectivity index (χ4n) is 2.46. The molecule has 1 fully saturated rings. The maximum Gasteiger partial charge on any atom is 0.268 e. The number of nitrogens with one attached hydrogen (secondary N) is 1. The van der Waals surface area contributed by atoms with E-state index in [9.17, 15) is 4.79 Å². The van der Waals surface area contributed by atoms with Crippen molar-refractivity contribution >= 4 is 28.2 Å². The minimum Gasteiger partial charge on any atom is -0.382 e. The van der Waals surface area contributed by atoms with Gasteiger partial charge in [-0.3, -0.25) is 4.79 Å². The van der Waals surface area contributed by atoms with Crippen LogP contribution < -0.4 is 11.1 Å². The van der Waals surface area contributed by atoms with Crippen molar-refractivity contribution in [2.24, 2.45) is 5.92 Å². The first-order chi connectivity index (χ1) is 9.04. The van der Waals surface area contributed by atoms with Crippen LogP contribution in [0, 0.1) is 5.92 Å². The van der Waals surface area contributed by atoms with Gasteiger partial charge in [0, 0.05) is 19.1 Å². The third-order valence-corrected chi connectivity index (χ3v) is 4.83. The van der Waals surface area contributed by atoms with Crippen LogP contribution in [0.2, 0.25) is 0 Å². The molecule has 6 heteroatoms. The summed E-state index contributed by atoms with van der Waals surface area (Å²) in [6, 6.07) is 0.269. The number of hydrogen-bond donors (Lipinski definition) is 2. The molecule has 1 aromatic heterocycles. The van der Waals surface area contributed by atoms with E-state index in [1.165, 1.54) is 17.8 Å². The first kappa shape index (κ1) is 14.1. The number of likely N-dealkylation sites (tertiary alicyclic amines) is 1. The van der Waals surface area contributed by atoms with E-state index in [-0.39, 0.29) is 11.9 Å². The van der Waals surface area contributed by atoms with Crippen LogP contribution in [0.25, 0.3) is 0 Å². The largest absolute Gasteiger partial charge is 0.382 e. The predicted octanol–water partition coefficient (Wildman–Crippen LogP) is 2.42. The number of amides is 1. The zero-order valence-corrected chi connectivity index (χ0v) is 12.6. The maximum absolute atomic E-state index is 12.6. The molecule has 5 nitrogen and oxygen atoms in total. The van der Waals surface area contributed by atoms with Gasteiger partial charge in [-0.1, -0.05) is 18.3 Å². The Kier molecular flexibility index (Phi) is 4.29. The summed E-state index contributed by atoms with van der Waals surface area (Å²) in [5, 5.41) is 3.83. The van der Waals surface area contributed by atoms with Crippen LogP contribution in [-0.4, -0.2) is 34.9 Å². The predicted molar refractivity (Wildman–Crippen MR) is 79.6 cm³/mol. The molecule has 3 N–H and O–H groups in total. The first-order valence-electron chi connectivity index (χ1n) is 6.85. The topological polar surface area (TPSA) is 71.2 Å². The Morgan fingerprint density at radius 1 is 1.58 bits per heavy atom. The Bertz CT molecular complexity index is 459. The van der Waals surface area contributed by atoms with Gasteiger partial charge < -0.3 is 16.0 Å². The summed E-state index contributed by atoms with van der Waals surface area (Å²) in [6.07, 6.45) is 2.25. The lowest BCUT2D eigenvalue weighted by atomic mass is 9.92. The van der Waals surface area contributed by atoms with Gasteiger partial charge >= 0.3 is 0 Å². The van der Waals surface area contributed by atoms with Crippen LogP contribution in [0.5, 0.6) is 0 Å². The molecule has 0 bridgehead atoms. The smallest absolute Gasteiger partial charge is 0.268 e. The summed E-state index contributed by atoms with van der Waals surface area (Å²) in [7, 11) is 0. The second-order valence-corrected chi connectivity index (χ2v) is 6.12. The van der Waals surface area contributed by atoms with E-state index < -0.39 is 0 Å². The van der Waals surface area contributed by atoms with Gasteiger partial charge in [0.2, 0.25) is 0 Å². The van der Waals surface area contributed by atoms with Crippen molar-refractivity contribution in [3.05, 3.63) is 4.88 Å². The number of carbonyl (C=O) groups is 1. The van der Waals surface area contributed by atoms with E-state index in [1.807, 2.05) is 11.8 Å². The summed E-state index contributed by atoms with van der Waals surface area (Å²) in [5.41, 5.74) is 5.87. The van der Waals surface area contributed by atoms with E-state index >= 15 is 0 Å². The van der Waals surface area contributed by atoms with Gasteiger partial charge in [0.05, 0.1) is 0 Å². The third-order valence-electron chi connectivity index (χ3n) is 3.81. The molecule has 2 atom stereocenters. The zero-order valence-electron chi connectivity index (χ0n) is 11.8. The van der Waals surface area contributed by atoms with Crippen LogP contribution >= 0.6 is 11.3 Å². The molecule has 2 unspecified atom stereocenters. The van der Waals surface area contributed by atoms with E-state index in [1.54, 1.807) is 0 Å². The Labute approximate surface area is 118 Å². The molecule has 2 heterocycles. The molecule has 1 aromatic rings. The van der Waals surface area contributed by atoms with E-state index in [2.05, 4.69) is 24.1 Å². The van der Waals surface area contributed by atoms with Gasteiger partial charge in [0.15, 0.2) is 5.13 Å². The van der Waals surface area contributed by atoms with Gasteiger partial charge in [-0.2, -0.15) is 0 Å². The highest BCUT2D eigenvalue weighted by Gasteiger charge is 2.31. The monoisotopic (exact) mass is 282 g/mol. The second kappa shape index (κ2) is 5.77. The van der Waals surface area contributed by atoms with Crippen LogP contribution in [0.4, 0.5) is 10.9 Å². The molecule has 1 aliphatic rings. The molecule has 19 heavy (non-hydrogen) atoms. The summed E-state index contributed by atoms with van der Waals surface area (Å²) >= 11 is 1.35. The number of carbonyl (C=O) groups excluding carboxylic acids is 1. The standard InChI is InChI=1S/C13H22N4OS/c1-4-15-13-16-11(14)10(19-13)12(18)17-7-5-6-8(2)9(17)3/h8-9H,4-7,14H2,1-3H3,(H,15,16). The van der Waals surface area contributed by atoms with Crippen molar-refractivity contribution < 1.29 is 4.79 Å². The third kappa shape index (κ3) is 2.83. The fourth-order valence-corrected chi connectivity index (χ4v) is 3.37. The summed E-state index contributed by atoms with van der Waals surface area (Å²) in [5.74, 6) is 0.912. The Morgan fingerprint density at radius 2 is 2.32 bits per heavy atom. The van der Waals surface area contributed by atoms with Gasteiger partial charge in [-0.25, -0.2) is 4.98 Å². The number of anilines is 2. The lowest BCUT2D eigenvalue weighted by Gasteiger charge is -2.37. The van der Waals surface area contributed by atoms with Gasteiger partial charge in [0.25, 0.3) is 5.91 Å². The number of rotatable bonds is 3. The second-order valence-electron chi connectivity index (χ2n) is 5.12. The normalized spacial score (nSPS) is 23.4. The highest BCUT2D eigenvalue weighted by Crippen LogP contribution is 2.30. The van der Waals surface area contributed by atoms with Crippen molar-refractivity contribution in [1.29, 1.82) is 0 Å². The van der Waals surface area contributed by atoms with Crippen LogP contribution in [-0.2, 0) is 0 Å². The fraction of sp³-hybridized carbons (Fsp3) is 0.692. The summed E-state index contributed by atoms with van der Waals surface area (Å²) in [4.78, 5) is 19.3. The van der Waals surface area contributed by atoms with Crippen molar-refractivity contribution in [3.8, 4) is 0 Å². The molecule has 2 rings (SSSR count). The SMILES string of the molecule is CCNc1nc(N)c(C(=O)N2CCCC(C)C2C)s1. The quantitative estimate of drug-likeness (QED) is 0.893. The number of nitrogen functional groups attached to an aromatic ring is 1. The number of nitrogens with two attached hydrogens (primary N) is 1. The highest BCUT2D eigenvalue weighted by atomic mass is 32.1.